The van der Waals surface area contributed by atoms with Crippen LogP contribution in [0.2, 0.25) is 0 Å². The molecule has 0 spiro atoms. The van der Waals surface area contributed by atoms with Gasteiger partial charge in [-0.2, -0.15) is 0 Å². The lowest BCUT2D eigenvalue weighted by Gasteiger charge is -2.10. The van der Waals surface area contributed by atoms with Crippen molar-refractivity contribution < 1.29 is 22.3 Å². The van der Waals surface area contributed by atoms with Gasteiger partial charge in [-0.15, -0.1) is 0 Å². The van der Waals surface area contributed by atoms with Crippen LogP contribution in [0.3, 0.4) is 0 Å². The second-order valence-corrected chi connectivity index (χ2v) is 7.82. The van der Waals surface area contributed by atoms with Crippen molar-refractivity contribution in [1.29, 1.82) is 0 Å². The number of hydrogen-bond acceptors (Lipinski definition) is 4. The smallest absolute Gasteiger partial charge is 0.261 e. The summed E-state index contributed by atoms with van der Waals surface area (Å²) >= 11 is 0. The second kappa shape index (κ2) is 9.20. The second-order valence-electron chi connectivity index (χ2n) is 6.13. The molecule has 8 heteroatoms. The normalized spacial score (nSPS) is 10.9. The molecule has 1 amide bonds. The van der Waals surface area contributed by atoms with E-state index in [2.05, 4.69) is 10.0 Å². The van der Waals surface area contributed by atoms with Crippen LogP contribution >= 0.6 is 0 Å². The molecule has 3 rings (SSSR count). The molecule has 3 aromatic carbocycles. The number of anilines is 1. The third kappa shape index (κ3) is 6.05. The van der Waals surface area contributed by atoms with Crippen molar-refractivity contribution in [3.8, 4) is 5.75 Å². The highest BCUT2D eigenvalue weighted by atomic mass is 32.2. The fourth-order valence-corrected chi connectivity index (χ4v) is 3.50. The van der Waals surface area contributed by atoms with Crippen LogP contribution in [0, 0.1) is 5.82 Å². The highest BCUT2D eigenvalue weighted by Crippen LogP contribution is 2.19. The molecule has 0 radical (unpaired) electrons. The van der Waals surface area contributed by atoms with Gasteiger partial charge in [-0.1, -0.05) is 30.3 Å². The Kier molecular flexibility index (Phi) is 6.46. The molecular formula is C21H19FN2O4S. The molecule has 2 N–H and O–H groups in total. The van der Waals surface area contributed by atoms with Gasteiger partial charge < -0.3 is 10.1 Å². The number of para-hydroxylation sites is 1. The van der Waals surface area contributed by atoms with Crippen molar-refractivity contribution in [2.75, 3.05) is 11.3 Å². The molecule has 0 heterocycles. The van der Waals surface area contributed by atoms with Gasteiger partial charge in [0, 0.05) is 12.2 Å². The average molecular weight is 414 g/mol. The van der Waals surface area contributed by atoms with Gasteiger partial charge in [-0.05, 0) is 54.1 Å². The maximum atomic E-state index is 12.9. The number of amides is 1. The molecular weight excluding hydrogens is 395 g/mol. The fourth-order valence-electron chi connectivity index (χ4n) is 2.44. The SMILES string of the molecule is O=C(COc1ccc(S(=O)(=O)Nc2ccccc2)cc1)NCc1ccc(F)cc1. The fraction of sp³-hybridized carbons (Fsp3) is 0.0952. The zero-order chi connectivity index (χ0) is 20.7. The Bertz CT molecular complexity index is 1050. The van der Waals surface area contributed by atoms with Crippen LogP contribution < -0.4 is 14.8 Å². The highest BCUT2D eigenvalue weighted by Gasteiger charge is 2.14. The van der Waals surface area contributed by atoms with E-state index < -0.39 is 10.0 Å². The van der Waals surface area contributed by atoms with Crippen LogP contribution in [0.1, 0.15) is 5.56 Å². The zero-order valence-electron chi connectivity index (χ0n) is 15.3. The monoisotopic (exact) mass is 414 g/mol. The summed E-state index contributed by atoms with van der Waals surface area (Å²) in [6, 6.07) is 20.1. The quantitative estimate of drug-likeness (QED) is 0.592. The predicted molar refractivity (Wildman–Crippen MR) is 107 cm³/mol. The number of sulfonamides is 1. The van der Waals surface area contributed by atoms with Crippen molar-refractivity contribution in [2.45, 2.75) is 11.4 Å². The summed E-state index contributed by atoms with van der Waals surface area (Å²) < 4.78 is 45.5. The maximum Gasteiger partial charge on any atom is 0.261 e. The number of rotatable bonds is 8. The van der Waals surface area contributed by atoms with Crippen molar-refractivity contribution in [2.24, 2.45) is 0 Å². The summed E-state index contributed by atoms with van der Waals surface area (Å²) in [5, 5.41) is 2.66. The predicted octanol–water partition coefficient (Wildman–Crippen LogP) is 3.32. The van der Waals surface area contributed by atoms with E-state index in [9.17, 15) is 17.6 Å². The first-order chi connectivity index (χ1) is 13.9. The minimum absolute atomic E-state index is 0.0782. The van der Waals surface area contributed by atoms with Gasteiger partial charge in [0.15, 0.2) is 6.61 Å². The van der Waals surface area contributed by atoms with Gasteiger partial charge in [0.25, 0.3) is 15.9 Å². The molecule has 0 bridgehead atoms. The number of carbonyl (C=O) groups is 1. The topological polar surface area (TPSA) is 84.5 Å². The molecule has 0 unspecified atom stereocenters. The minimum Gasteiger partial charge on any atom is -0.484 e. The van der Waals surface area contributed by atoms with E-state index >= 15 is 0 Å². The first-order valence-corrected chi connectivity index (χ1v) is 10.2. The molecule has 0 saturated heterocycles. The summed E-state index contributed by atoms with van der Waals surface area (Å²) in [6.07, 6.45) is 0. The third-order valence-electron chi connectivity index (χ3n) is 3.93. The van der Waals surface area contributed by atoms with Crippen LogP contribution in [0.4, 0.5) is 10.1 Å². The highest BCUT2D eigenvalue weighted by molar-refractivity contribution is 7.92. The van der Waals surface area contributed by atoms with Crippen LogP contribution in [-0.4, -0.2) is 20.9 Å². The Hall–Kier alpha value is -3.39. The van der Waals surface area contributed by atoms with Crippen LogP contribution in [0.25, 0.3) is 0 Å². The molecule has 0 aliphatic heterocycles. The van der Waals surface area contributed by atoms with Crippen LogP contribution in [0.15, 0.2) is 83.8 Å². The van der Waals surface area contributed by atoms with Crippen LogP contribution in [0.5, 0.6) is 5.75 Å². The molecule has 0 fully saturated rings. The first kappa shape index (κ1) is 20.3. The van der Waals surface area contributed by atoms with Crippen molar-refractivity contribution in [3.63, 3.8) is 0 Å². The lowest BCUT2D eigenvalue weighted by molar-refractivity contribution is -0.123. The number of ether oxygens (including phenoxy) is 1. The van der Waals surface area contributed by atoms with Crippen LogP contribution in [-0.2, 0) is 21.4 Å². The molecule has 29 heavy (non-hydrogen) atoms. The minimum atomic E-state index is -3.72. The van der Waals surface area contributed by atoms with E-state index in [0.29, 0.717) is 11.4 Å². The van der Waals surface area contributed by atoms with Gasteiger partial charge in [0.05, 0.1) is 4.90 Å². The van der Waals surface area contributed by atoms with Gasteiger partial charge in [0.1, 0.15) is 11.6 Å². The number of nitrogens with one attached hydrogen (secondary N) is 2. The Morgan fingerprint density at radius 1 is 0.897 bits per heavy atom. The van der Waals surface area contributed by atoms with E-state index in [1.807, 2.05) is 0 Å². The molecule has 0 aliphatic carbocycles. The van der Waals surface area contributed by atoms with E-state index in [1.54, 1.807) is 42.5 Å². The van der Waals surface area contributed by atoms with E-state index in [1.165, 1.54) is 36.4 Å². The number of halogens is 1. The van der Waals surface area contributed by atoms with E-state index in [4.69, 9.17) is 4.74 Å². The number of benzene rings is 3. The molecule has 0 saturated carbocycles. The molecule has 3 aromatic rings. The summed E-state index contributed by atoms with van der Waals surface area (Å²) in [6.45, 7) is 0.0281. The number of hydrogen-bond donors (Lipinski definition) is 2. The summed E-state index contributed by atoms with van der Waals surface area (Å²) in [4.78, 5) is 11.9. The summed E-state index contributed by atoms with van der Waals surface area (Å²) in [7, 11) is -3.72. The Morgan fingerprint density at radius 3 is 2.21 bits per heavy atom. The Labute approximate surface area is 168 Å². The number of carbonyl (C=O) groups excluding carboxylic acids is 1. The van der Waals surface area contributed by atoms with E-state index in [0.717, 1.165) is 5.56 Å². The van der Waals surface area contributed by atoms with Crippen molar-refractivity contribution >= 4 is 21.6 Å². The first-order valence-electron chi connectivity index (χ1n) is 8.74. The van der Waals surface area contributed by atoms with Gasteiger partial charge >= 0.3 is 0 Å². The Morgan fingerprint density at radius 2 is 1.55 bits per heavy atom. The molecule has 6 nitrogen and oxygen atoms in total. The summed E-state index contributed by atoms with van der Waals surface area (Å²) in [5.41, 5.74) is 1.23. The van der Waals surface area contributed by atoms with Gasteiger partial charge in [-0.3, -0.25) is 9.52 Å². The third-order valence-corrected chi connectivity index (χ3v) is 5.33. The Balaban J connectivity index is 1.51. The lowest BCUT2D eigenvalue weighted by atomic mass is 10.2. The average Bonchev–Trinajstić information content (AvgIpc) is 2.72. The molecule has 150 valence electrons. The van der Waals surface area contributed by atoms with Crippen molar-refractivity contribution in [1.82, 2.24) is 5.32 Å². The molecule has 0 aromatic heterocycles. The maximum absolute atomic E-state index is 12.9. The van der Waals surface area contributed by atoms with Gasteiger partial charge in [0.2, 0.25) is 0 Å². The largest absolute Gasteiger partial charge is 0.484 e. The standard InChI is InChI=1S/C21H19FN2O4S/c22-17-8-6-16(7-9-17)14-23-21(25)15-28-19-10-12-20(13-11-19)29(26,27)24-18-4-2-1-3-5-18/h1-13,24H,14-15H2,(H,23,25). The summed E-state index contributed by atoms with van der Waals surface area (Å²) in [5.74, 6) is -0.329. The van der Waals surface area contributed by atoms with Gasteiger partial charge in [-0.25, -0.2) is 12.8 Å². The molecule has 0 aliphatic rings. The molecule has 0 atom stereocenters. The van der Waals surface area contributed by atoms with E-state index in [-0.39, 0.29) is 29.8 Å². The lowest BCUT2D eigenvalue weighted by Crippen LogP contribution is -2.28. The van der Waals surface area contributed by atoms with Crippen molar-refractivity contribution in [3.05, 3.63) is 90.2 Å². The zero-order valence-corrected chi connectivity index (χ0v) is 16.2.